The molecule has 0 atom stereocenters. The van der Waals surface area contributed by atoms with Crippen molar-refractivity contribution >= 4 is 10.8 Å². The van der Waals surface area contributed by atoms with E-state index in [1.54, 1.807) is 0 Å². The Labute approximate surface area is 317 Å². The standard InChI is InChI=1S/C27H24N.C21H20N.Ir/c1-17(2)19-13-14-28-25(16-19)20-10-12-24-23(15-20)22-11-9-18-7-5-6-8-21(18)26(22)27(24,3)4;1-21(2,3)19-12-13-22-20(15-19)18-11-7-10-17(14-18)16-8-5-4-6-9-16;/h5-9,11-17H,1-4H3;4-10,12-15H,1-3H3;/q2*-1;. The molecule has 0 unspecified atom stereocenters. The Morgan fingerprint density at radius 3 is 2.08 bits per heavy atom. The Morgan fingerprint density at radius 2 is 1.33 bits per heavy atom. The van der Waals surface area contributed by atoms with E-state index in [9.17, 15) is 0 Å². The zero-order valence-electron chi connectivity index (χ0n) is 30.5. The summed E-state index contributed by atoms with van der Waals surface area (Å²) in [6.45, 7) is 15.7. The molecule has 1 radical (unpaired) electrons. The van der Waals surface area contributed by atoms with Gasteiger partial charge in [-0.2, -0.15) is 0 Å². The van der Waals surface area contributed by atoms with E-state index < -0.39 is 0 Å². The van der Waals surface area contributed by atoms with Gasteiger partial charge in [0.05, 0.1) is 0 Å². The van der Waals surface area contributed by atoms with Crippen LogP contribution in [0.25, 0.3) is 55.5 Å². The molecule has 0 saturated heterocycles. The van der Waals surface area contributed by atoms with Crippen molar-refractivity contribution < 1.29 is 20.1 Å². The van der Waals surface area contributed by atoms with Gasteiger partial charge in [0.2, 0.25) is 0 Å². The van der Waals surface area contributed by atoms with E-state index in [0.717, 1.165) is 22.5 Å². The van der Waals surface area contributed by atoms with Gasteiger partial charge in [-0.15, -0.1) is 64.7 Å². The van der Waals surface area contributed by atoms with Gasteiger partial charge in [-0.3, -0.25) is 0 Å². The van der Waals surface area contributed by atoms with Crippen LogP contribution in [0.4, 0.5) is 0 Å². The van der Waals surface area contributed by atoms with Gasteiger partial charge in [-0.1, -0.05) is 138 Å². The average molecular weight is 841 g/mol. The second kappa shape index (κ2) is 14.5. The Kier molecular flexibility index (Phi) is 10.3. The van der Waals surface area contributed by atoms with Gasteiger partial charge in [-0.05, 0) is 73.3 Å². The minimum absolute atomic E-state index is 0. The van der Waals surface area contributed by atoms with Crippen LogP contribution < -0.4 is 0 Å². The smallest absolute Gasteiger partial charge is 0.0163 e. The first kappa shape index (κ1) is 36.1. The van der Waals surface area contributed by atoms with E-state index in [2.05, 4.69) is 180 Å². The number of benzene rings is 5. The molecule has 3 heteroatoms. The van der Waals surface area contributed by atoms with Crippen LogP contribution in [-0.2, 0) is 30.9 Å². The van der Waals surface area contributed by atoms with Crippen molar-refractivity contribution in [3.63, 3.8) is 0 Å². The van der Waals surface area contributed by atoms with Crippen molar-refractivity contribution in [2.24, 2.45) is 0 Å². The van der Waals surface area contributed by atoms with Crippen molar-refractivity contribution in [2.45, 2.75) is 65.2 Å². The second-order valence-corrected chi connectivity index (χ2v) is 15.2. The summed E-state index contributed by atoms with van der Waals surface area (Å²) in [6.07, 6.45) is 3.80. The molecule has 0 amide bonds. The molecular weight excluding hydrogens is 797 g/mol. The molecule has 1 aliphatic rings. The summed E-state index contributed by atoms with van der Waals surface area (Å²) in [5, 5.41) is 2.65. The summed E-state index contributed by atoms with van der Waals surface area (Å²) in [5.41, 5.74) is 14.6. The Balaban J connectivity index is 0.000000178. The monoisotopic (exact) mass is 841 g/mol. The molecule has 2 heterocycles. The minimum Gasteiger partial charge on any atom is -0.305 e. The van der Waals surface area contributed by atoms with Crippen molar-refractivity contribution in [1.82, 2.24) is 9.97 Å². The number of rotatable bonds is 4. The maximum absolute atomic E-state index is 4.63. The predicted octanol–water partition coefficient (Wildman–Crippen LogP) is 12.6. The number of fused-ring (bicyclic) bond motifs is 5. The quantitative estimate of drug-likeness (QED) is 0.165. The zero-order chi connectivity index (χ0) is 35.0. The molecule has 2 aromatic heterocycles. The van der Waals surface area contributed by atoms with Gasteiger partial charge in [0, 0.05) is 32.5 Å². The molecule has 1 aliphatic carbocycles. The first-order chi connectivity index (χ1) is 24.0. The number of hydrogen-bond donors (Lipinski definition) is 0. The van der Waals surface area contributed by atoms with Gasteiger partial charge < -0.3 is 9.97 Å². The fraction of sp³-hybridized carbons (Fsp3) is 0.208. The van der Waals surface area contributed by atoms with Crippen molar-refractivity contribution in [3.05, 3.63) is 168 Å². The van der Waals surface area contributed by atoms with Crippen LogP contribution in [0, 0.1) is 12.1 Å². The van der Waals surface area contributed by atoms with Gasteiger partial charge in [0.1, 0.15) is 0 Å². The summed E-state index contributed by atoms with van der Waals surface area (Å²) in [6, 6.07) is 49.7. The molecule has 7 aromatic rings. The second-order valence-electron chi connectivity index (χ2n) is 15.2. The molecule has 0 spiro atoms. The number of aromatic nitrogens is 2. The summed E-state index contributed by atoms with van der Waals surface area (Å²) < 4.78 is 0. The topological polar surface area (TPSA) is 25.8 Å². The summed E-state index contributed by atoms with van der Waals surface area (Å²) >= 11 is 0. The average Bonchev–Trinajstić information content (AvgIpc) is 3.38. The Hall–Kier alpha value is -4.69. The molecule has 0 N–H and O–H groups in total. The molecule has 8 rings (SSSR count). The van der Waals surface area contributed by atoms with E-state index >= 15 is 0 Å². The van der Waals surface area contributed by atoms with Crippen LogP contribution in [-0.4, -0.2) is 9.97 Å². The van der Waals surface area contributed by atoms with E-state index in [1.807, 2.05) is 24.5 Å². The third-order valence-corrected chi connectivity index (χ3v) is 10.0. The van der Waals surface area contributed by atoms with Crippen molar-refractivity contribution in [3.8, 4) is 44.8 Å². The van der Waals surface area contributed by atoms with Crippen LogP contribution in [0.1, 0.15) is 76.6 Å². The molecular formula is C48H44IrN2-2. The molecule has 0 saturated carbocycles. The molecule has 257 valence electrons. The van der Waals surface area contributed by atoms with E-state index in [1.165, 1.54) is 55.3 Å². The molecule has 2 nitrogen and oxygen atoms in total. The maximum Gasteiger partial charge on any atom is 0.0163 e. The molecule has 5 aromatic carbocycles. The molecule has 0 fully saturated rings. The molecule has 0 aliphatic heterocycles. The fourth-order valence-corrected chi connectivity index (χ4v) is 7.11. The Morgan fingerprint density at radius 1 is 0.647 bits per heavy atom. The largest absolute Gasteiger partial charge is 0.305 e. The molecule has 0 bridgehead atoms. The summed E-state index contributed by atoms with van der Waals surface area (Å²) in [4.78, 5) is 9.16. The number of hydrogen-bond acceptors (Lipinski definition) is 2. The van der Waals surface area contributed by atoms with Gasteiger partial charge in [0.25, 0.3) is 0 Å². The molecule has 51 heavy (non-hydrogen) atoms. The number of nitrogens with zero attached hydrogens (tertiary/aromatic N) is 2. The SMILES string of the molecule is CC(C)(C)c1ccnc(-c2[c-]ccc(-c3ccccc3)c2)c1.CC(C)c1ccnc(-c2[c-]cc3c(c2)-c2ccc4ccccc4c2C3(C)C)c1.[Ir]. The van der Waals surface area contributed by atoms with Crippen molar-refractivity contribution in [1.29, 1.82) is 0 Å². The van der Waals surface area contributed by atoms with Gasteiger partial charge in [-0.25, -0.2) is 0 Å². The maximum atomic E-state index is 4.63. The fourth-order valence-electron chi connectivity index (χ4n) is 7.11. The van der Waals surface area contributed by atoms with Crippen LogP contribution in [0.5, 0.6) is 0 Å². The normalized spacial score (nSPS) is 12.8. The summed E-state index contributed by atoms with van der Waals surface area (Å²) in [5.74, 6) is 0.488. The predicted molar refractivity (Wildman–Crippen MR) is 210 cm³/mol. The van der Waals surface area contributed by atoms with Crippen molar-refractivity contribution in [2.75, 3.05) is 0 Å². The first-order valence-corrected chi connectivity index (χ1v) is 17.6. The van der Waals surface area contributed by atoms with Gasteiger partial charge >= 0.3 is 0 Å². The summed E-state index contributed by atoms with van der Waals surface area (Å²) in [7, 11) is 0. The van der Waals surface area contributed by atoms with Crippen LogP contribution in [0.15, 0.2) is 134 Å². The van der Waals surface area contributed by atoms with Crippen LogP contribution in [0.3, 0.4) is 0 Å². The minimum atomic E-state index is -0.0340. The third-order valence-electron chi connectivity index (χ3n) is 10.0. The Bertz CT molecular complexity index is 2310. The zero-order valence-corrected chi connectivity index (χ0v) is 32.9. The number of pyridine rings is 2. The van der Waals surface area contributed by atoms with E-state index in [0.29, 0.717) is 5.92 Å². The van der Waals surface area contributed by atoms with E-state index in [4.69, 9.17) is 0 Å². The van der Waals surface area contributed by atoms with Crippen LogP contribution in [0.2, 0.25) is 0 Å². The van der Waals surface area contributed by atoms with Crippen LogP contribution >= 0.6 is 0 Å². The third kappa shape index (κ3) is 7.24. The van der Waals surface area contributed by atoms with Gasteiger partial charge in [0.15, 0.2) is 0 Å². The van der Waals surface area contributed by atoms with E-state index in [-0.39, 0.29) is 30.9 Å². The first-order valence-electron chi connectivity index (χ1n) is 17.6.